The van der Waals surface area contributed by atoms with Crippen LogP contribution in [0.15, 0.2) is 11.3 Å². The van der Waals surface area contributed by atoms with Gasteiger partial charge in [0.2, 0.25) is 5.91 Å². The summed E-state index contributed by atoms with van der Waals surface area (Å²) in [4.78, 5) is 24.4. The molecule has 5 fully saturated rings. The summed E-state index contributed by atoms with van der Waals surface area (Å²) in [6.07, 6.45) is 7.10. The number of carbonyl (C=O) groups excluding carboxylic acids is 1. The van der Waals surface area contributed by atoms with E-state index in [9.17, 15) is 4.79 Å². The molecule has 0 aromatic heterocycles. The van der Waals surface area contributed by atoms with Crippen molar-refractivity contribution in [2.75, 3.05) is 72.1 Å². The van der Waals surface area contributed by atoms with E-state index in [1.807, 2.05) is 0 Å². The third-order valence-electron chi connectivity index (χ3n) is 11.1. The molecule has 6 unspecified atom stereocenters. The Kier molecular flexibility index (Phi) is 9.78. The van der Waals surface area contributed by atoms with E-state index in [2.05, 4.69) is 42.5 Å². The van der Waals surface area contributed by atoms with Crippen LogP contribution in [-0.2, 0) is 4.79 Å². The number of nitrogens with one attached hydrogen (secondary N) is 3. The van der Waals surface area contributed by atoms with Crippen molar-refractivity contribution in [3.8, 4) is 0 Å². The number of piperazine rings is 1. The Hall–Kier alpha value is -0.980. The largest absolute Gasteiger partial charge is 0.373 e. The third kappa shape index (κ3) is 6.60. The van der Waals surface area contributed by atoms with Crippen LogP contribution in [0.25, 0.3) is 0 Å². The maximum atomic E-state index is 14.1. The molecule has 7 heterocycles. The molecule has 0 saturated carbocycles. The number of halogens is 1. The Morgan fingerprint density at radius 2 is 1.71 bits per heavy atom. The van der Waals surface area contributed by atoms with Crippen molar-refractivity contribution in [1.82, 2.24) is 35.6 Å². The number of likely N-dealkylation sites (tertiary alicyclic amines) is 1. The number of allylic oxidation sites excluding steroid dienone is 1. The van der Waals surface area contributed by atoms with Crippen LogP contribution >= 0.6 is 11.6 Å². The van der Waals surface area contributed by atoms with E-state index >= 15 is 0 Å². The van der Waals surface area contributed by atoms with Crippen molar-refractivity contribution >= 4 is 17.5 Å². The number of nitrogens with zero attached hydrogens (tertiary/aromatic N) is 4. The lowest BCUT2D eigenvalue weighted by Crippen LogP contribution is -2.64. The molecule has 6 atom stereocenters. The van der Waals surface area contributed by atoms with Crippen LogP contribution in [-0.4, -0.2) is 133 Å². The van der Waals surface area contributed by atoms with Crippen LogP contribution in [0.2, 0.25) is 0 Å². The molecule has 7 rings (SSSR count). The maximum absolute atomic E-state index is 14.1. The average molecular weight is 592 g/mol. The number of rotatable bonds is 6. The van der Waals surface area contributed by atoms with Gasteiger partial charge in [0, 0.05) is 89.4 Å². The Balaban J connectivity index is 1.11. The fraction of sp³-hybridized carbons (Fsp3) is 0.900. The molecule has 10 nitrogen and oxygen atoms in total. The SMILES string of the molecule is CC1=C(C(C(=O)NC2CNCCC2N2CCC(N3CCN4CNCC4C3)CC2)C(N)N)N2CCC1CCCC(Cl)C2. The number of amides is 1. The molecule has 1 amide bonds. The van der Waals surface area contributed by atoms with E-state index in [-0.39, 0.29) is 17.3 Å². The first kappa shape index (κ1) is 30.1. The van der Waals surface area contributed by atoms with Gasteiger partial charge in [0.05, 0.1) is 17.6 Å². The van der Waals surface area contributed by atoms with Crippen molar-refractivity contribution < 1.29 is 4.79 Å². The average Bonchev–Trinajstić information content (AvgIpc) is 3.48. The summed E-state index contributed by atoms with van der Waals surface area (Å²) in [6.45, 7) is 13.6. The quantitative estimate of drug-likeness (QED) is 0.216. The van der Waals surface area contributed by atoms with E-state index in [0.29, 0.717) is 24.0 Å². The summed E-state index contributed by atoms with van der Waals surface area (Å²) in [5.74, 6) is -0.102. The molecule has 7 aliphatic rings. The van der Waals surface area contributed by atoms with E-state index in [1.54, 1.807) is 0 Å². The number of alkyl halides is 1. The Labute approximate surface area is 251 Å². The number of carbonyl (C=O) groups is 1. The van der Waals surface area contributed by atoms with E-state index in [0.717, 1.165) is 90.3 Å². The number of hydrogen-bond acceptors (Lipinski definition) is 9. The summed E-state index contributed by atoms with van der Waals surface area (Å²) in [7, 11) is 0. The smallest absolute Gasteiger partial charge is 0.232 e. The van der Waals surface area contributed by atoms with Crippen LogP contribution in [0.5, 0.6) is 0 Å². The topological polar surface area (TPSA) is 118 Å². The molecule has 0 radical (unpaired) electrons. The summed E-state index contributed by atoms with van der Waals surface area (Å²) in [5, 5.41) is 10.6. The van der Waals surface area contributed by atoms with Crippen molar-refractivity contribution in [1.29, 1.82) is 0 Å². The minimum atomic E-state index is -0.753. The van der Waals surface area contributed by atoms with Gasteiger partial charge in [-0.15, -0.1) is 11.6 Å². The normalized spacial score (nSPS) is 35.7. The van der Waals surface area contributed by atoms with Gasteiger partial charge in [-0.1, -0.05) is 12.0 Å². The molecule has 0 aliphatic carbocycles. The molecule has 5 saturated heterocycles. The highest BCUT2D eigenvalue weighted by molar-refractivity contribution is 6.20. The van der Waals surface area contributed by atoms with Crippen LogP contribution in [0.1, 0.15) is 51.9 Å². The molecule has 0 aromatic carbocycles. The minimum Gasteiger partial charge on any atom is -0.373 e. The fourth-order valence-corrected chi connectivity index (χ4v) is 9.13. The van der Waals surface area contributed by atoms with Crippen LogP contribution in [0.4, 0.5) is 0 Å². The summed E-state index contributed by atoms with van der Waals surface area (Å²) in [5.41, 5.74) is 15.2. The summed E-state index contributed by atoms with van der Waals surface area (Å²) in [6, 6.07) is 1.74. The Bertz CT molecular complexity index is 941. The summed E-state index contributed by atoms with van der Waals surface area (Å²) < 4.78 is 0. The minimum absolute atomic E-state index is 0.0259. The molecule has 7 aliphatic heterocycles. The third-order valence-corrected chi connectivity index (χ3v) is 11.5. The predicted octanol–water partition coefficient (Wildman–Crippen LogP) is 0.0913. The molecule has 41 heavy (non-hydrogen) atoms. The van der Waals surface area contributed by atoms with Crippen LogP contribution in [0.3, 0.4) is 0 Å². The van der Waals surface area contributed by atoms with Crippen molar-refractivity contribution in [2.24, 2.45) is 23.3 Å². The van der Waals surface area contributed by atoms with Crippen molar-refractivity contribution in [3.63, 3.8) is 0 Å². The zero-order valence-electron chi connectivity index (χ0n) is 25.1. The second kappa shape index (κ2) is 13.3. The van der Waals surface area contributed by atoms with Gasteiger partial charge in [0.25, 0.3) is 0 Å². The molecule has 0 spiro atoms. The number of fused-ring (bicyclic) bond motifs is 6. The second-order valence-corrected chi connectivity index (χ2v) is 14.2. The Morgan fingerprint density at radius 1 is 0.902 bits per heavy atom. The Morgan fingerprint density at radius 3 is 2.51 bits per heavy atom. The van der Waals surface area contributed by atoms with Crippen LogP contribution in [0, 0.1) is 11.8 Å². The van der Waals surface area contributed by atoms with Gasteiger partial charge in [0.1, 0.15) is 5.92 Å². The lowest BCUT2D eigenvalue weighted by molar-refractivity contribution is -0.126. The van der Waals surface area contributed by atoms with Crippen LogP contribution < -0.4 is 27.4 Å². The first-order valence-electron chi connectivity index (χ1n) is 16.4. The van der Waals surface area contributed by atoms with Gasteiger partial charge < -0.3 is 32.3 Å². The van der Waals surface area contributed by atoms with Gasteiger partial charge in [-0.25, -0.2) is 0 Å². The monoisotopic (exact) mass is 591 g/mol. The lowest BCUT2D eigenvalue weighted by atomic mass is 9.82. The highest BCUT2D eigenvalue weighted by atomic mass is 35.5. The lowest BCUT2D eigenvalue weighted by Gasteiger charge is -2.48. The van der Waals surface area contributed by atoms with E-state index < -0.39 is 12.1 Å². The van der Waals surface area contributed by atoms with Gasteiger partial charge in [-0.3, -0.25) is 19.5 Å². The van der Waals surface area contributed by atoms with Gasteiger partial charge in [-0.05, 0) is 57.9 Å². The molecular formula is C30H54ClN9O. The van der Waals surface area contributed by atoms with Gasteiger partial charge in [-0.2, -0.15) is 0 Å². The van der Waals surface area contributed by atoms with E-state index in [4.69, 9.17) is 23.1 Å². The molecular weight excluding hydrogens is 538 g/mol. The zero-order valence-corrected chi connectivity index (χ0v) is 25.8. The zero-order chi connectivity index (χ0) is 28.5. The molecule has 2 bridgehead atoms. The molecule has 11 heteroatoms. The first-order valence-corrected chi connectivity index (χ1v) is 16.9. The number of piperidine rings is 2. The van der Waals surface area contributed by atoms with Gasteiger partial charge in [0.15, 0.2) is 0 Å². The fourth-order valence-electron chi connectivity index (χ4n) is 8.81. The van der Waals surface area contributed by atoms with Crippen molar-refractivity contribution in [2.45, 2.75) is 87.6 Å². The predicted molar refractivity (Wildman–Crippen MR) is 164 cm³/mol. The van der Waals surface area contributed by atoms with Gasteiger partial charge >= 0.3 is 0 Å². The first-order chi connectivity index (χ1) is 19.9. The number of hydrogen-bond donors (Lipinski definition) is 5. The van der Waals surface area contributed by atoms with Crippen molar-refractivity contribution in [3.05, 3.63) is 11.3 Å². The molecule has 7 N–H and O–H groups in total. The maximum Gasteiger partial charge on any atom is 0.232 e. The molecule has 0 aromatic rings. The highest BCUT2D eigenvalue weighted by Crippen LogP contribution is 2.38. The second-order valence-electron chi connectivity index (χ2n) is 13.6. The number of nitrogens with two attached hydrogens (primary N) is 2. The summed E-state index contributed by atoms with van der Waals surface area (Å²) >= 11 is 6.73. The van der Waals surface area contributed by atoms with E-state index in [1.165, 1.54) is 38.0 Å². The molecule has 232 valence electrons. The highest BCUT2D eigenvalue weighted by Gasteiger charge is 2.41. The standard InChI is InChI=1S/C30H54ClN9O/c1-20-21-3-2-4-22(31)17-39(10-6-21)28(20)27(29(32)33)30(41)36-25-16-34-9-5-26(25)37-11-7-23(8-12-37)38-13-14-40-19-35-15-24(40)18-38/h21-27,29,34-35H,2-19,32-33H2,1H3,(H,36,41).